The number of hydrogen-bond acceptors (Lipinski definition) is 3. The number of nitrogens with zero attached hydrogens (tertiary/aromatic N) is 2. The van der Waals surface area contributed by atoms with E-state index < -0.39 is 0 Å². The van der Waals surface area contributed by atoms with Gasteiger partial charge in [0.2, 0.25) is 5.89 Å². The summed E-state index contributed by atoms with van der Waals surface area (Å²) in [5.74, 6) is 0.753. The maximum atomic E-state index is 5.83. The highest BCUT2D eigenvalue weighted by Crippen LogP contribution is 2.28. The molecule has 0 aliphatic rings. The summed E-state index contributed by atoms with van der Waals surface area (Å²) in [4.78, 5) is 8.93. The molecule has 3 nitrogen and oxygen atoms in total. The number of oxazole rings is 1. The van der Waals surface area contributed by atoms with E-state index in [1.54, 1.807) is 0 Å². The van der Waals surface area contributed by atoms with E-state index in [4.69, 9.17) is 4.42 Å². The van der Waals surface area contributed by atoms with Crippen molar-refractivity contribution in [2.45, 2.75) is 47.0 Å². The number of fused-ring (bicyclic) bond motifs is 1. The summed E-state index contributed by atoms with van der Waals surface area (Å²) in [5.41, 5.74) is 4.83. The van der Waals surface area contributed by atoms with Crippen LogP contribution in [-0.4, -0.2) is 9.97 Å². The Kier molecular flexibility index (Phi) is 2.30. The first-order valence-electron chi connectivity index (χ1n) is 5.55. The Bertz CT molecular complexity index is 547. The van der Waals surface area contributed by atoms with Gasteiger partial charge in [0.15, 0.2) is 11.2 Å². The van der Waals surface area contributed by atoms with Gasteiger partial charge in [0.25, 0.3) is 0 Å². The first-order valence-corrected chi connectivity index (χ1v) is 5.55. The molecule has 2 aromatic rings. The zero-order chi connectivity index (χ0) is 12.1. The molecule has 0 fully saturated rings. The molecule has 0 bridgehead atoms. The topological polar surface area (TPSA) is 38.9 Å². The van der Waals surface area contributed by atoms with Crippen LogP contribution < -0.4 is 0 Å². The van der Waals surface area contributed by atoms with Gasteiger partial charge in [-0.1, -0.05) is 20.8 Å². The summed E-state index contributed by atoms with van der Waals surface area (Å²) in [7, 11) is 0. The number of rotatable bonds is 0. The van der Waals surface area contributed by atoms with Crippen molar-refractivity contribution in [2.75, 3.05) is 0 Å². The predicted octanol–water partition coefficient (Wildman–Crippen LogP) is 3.45. The quantitative estimate of drug-likeness (QED) is 0.680. The molecule has 2 rings (SSSR count). The van der Waals surface area contributed by atoms with Gasteiger partial charge >= 0.3 is 0 Å². The van der Waals surface area contributed by atoms with Crippen molar-refractivity contribution in [1.29, 1.82) is 0 Å². The largest absolute Gasteiger partial charge is 0.438 e. The molecule has 2 aromatic heterocycles. The van der Waals surface area contributed by atoms with Gasteiger partial charge < -0.3 is 4.42 Å². The molecule has 0 amide bonds. The highest BCUT2D eigenvalue weighted by atomic mass is 16.4. The van der Waals surface area contributed by atoms with Gasteiger partial charge in [-0.05, 0) is 26.3 Å². The van der Waals surface area contributed by atoms with Gasteiger partial charge in [0, 0.05) is 16.7 Å². The Morgan fingerprint density at radius 2 is 1.56 bits per heavy atom. The highest BCUT2D eigenvalue weighted by Gasteiger charge is 2.22. The maximum absolute atomic E-state index is 5.83. The second-order valence-electron chi connectivity index (χ2n) is 5.37. The molecule has 2 heterocycles. The maximum Gasteiger partial charge on any atom is 0.202 e. The average molecular weight is 218 g/mol. The Morgan fingerprint density at radius 3 is 2.12 bits per heavy atom. The van der Waals surface area contributed by atoms with Crippen LogP contribution >= 0.6 is 0 Å². The minimum atomic E-state index is -0.0745. The van der Waals surface area contributed by atoms with Crippen molar-refractivity contribution >= 4 is 11.2 Å². The molecule has 0 unspecified atom stereocenters. The second kappa shape index (κ2) is 3.30. The van der Waals surface area contributed by atoms with E-state index in [0.29, 0.717) is 0 Å². The molecule has 3 heteroatoms. The van der Waals surface area contributed by atoms with Crippen molar-refractivity contribution < 1.29 is 4.42 Å². The molecule has 16 heavy (non-hydrogen) atoms. The lowest BCUT2D eigenvalue weighted by atomic mass is 9.97. The van der Waals surface area contributed by atoms with Crippen LogP contribution in [0.3, 0.4) is 0 Å². The molecule has 0 radical (unpaired) electrons. The molecular weight excluding hydrogens is 200 g/mol. The molecule has 0 N–H and O–H groups in total. The number of aryl methyl sites for hydroxylation is 2. The van der Waals surface area contributed by atoms with Gasteiger partial charge in [-0.2, -0.15) is 4.98 Å². The fourth-order valence-electron chi connectivity index (χ4n) is 1.64. The van der Waals surface area contributed by atoms with E-state index in [1.807, 2.05) is 6.92 Å². The fourth-order valence-corrected chi connectivity index (χ4v) is 1.64. The van der Waals surface area contributed by atoms with Crippen molar-refractivity contribution in [3.8, 4) is 0 Å². The summed E-state index contributed by atoms with van der Waals surface area (Å²) in [6.45, 7) is 12.4. The van der Waals surface area contributed by atoms with E-state index in [0.717, 1.165) is 28.4 Å². The highest BCUT2D eigenvalue weighted by molar-refractivity contribution is 5.74. The zero-order valence-electron chi connectivity index (χ0n) is 10.8. The van der Waals surface area contributed by atoms with Crippen molar-refractivity contribution in [3.63, 3.8) is 0 Å². The molecule has 0 spiro atoms. The summed E-state index contributed by atoms with van der Waals surface area (Å²) >= 11 is 0. The van der Waals surface area contributed by atoms with E-state index in [1.165, 1.54) is 5.56 Å². The third kappa shape index (κ3) is 1.60. The summed E-state index contributed by atoms with van der Waals surface area (Å²) in [6.07, 6.45) is 0. The van der Waals surface area contributed by atoms with Crippen LogP contribution in [0.15, 0.2) is 4.42 Å². The smallest absolute Gasteiger partial charge is 0.202 e. The van der Waals surface area contributed by atoms with Crippen LogP contribution in [0.25, 0.3) is 11.2 Å². The van der Waals surface area contributed by atoms with Crippen molar-refractivity contribution in [3.05, 3.63) is 22.7 Å². The monoisotopic (exact) mass is 218 g/mol. The second-order valence-corrected chi connectivity index (χ2v) is 5.37. The van der Waals surface area contributed by atoms with E-state index in [9.17, 15) is 0 Å². The molecule has 0 atom stereocenters. The van der Waals surface area contributed by atoms with Crippen LogP contribution in [0.1, 0.15) is 43.5 Å². The van der Waals surface area contributed by atoms with Crippen molar-refractivity contribution in [2.24, 2.45) is 0 Å². The first-order chi connectivity index (χ1) is 7.30. The summed E-state index contributed by atoms with van der Waals surface area (Å²) in [6, 6.07) is 0. The lowest BCUT2D eigenvalue weighted by Crippen LogP contribution is -2.11. The van der Waals surface area contributed by atoms with Gasteiger partial charge in [0.1, 0.15) is 0 Å². The Labute approximate surface area is 95.9 Å². The zero-order valence-corrected chi connectivity index (χ0v) is 10.8. The molecule has 0 saturated heterocycles. The minimum Gasteiger partial charge on any atom is -0.438 e. The molecule has 86 valence electrons. The Hall–Kier alpha value is -1.38. The number of aromatic nitrogens is 2. The Balaban J connectivity index is 2.77. The molecule has 0 aromatic carbocycles. The lowest BCUT2D eigenvalue weighted by molar-refractivity contribution is 0.410. The molecule has 0 saturated carbocycles. The third-order valence-corrected chi connectivity index (χ3v) is 2.97. The first kappa shape index (κ1) is 11.1. The minimum absolute atomic E-state index is 0.0745. The van der Waals surface area contributed by atoms with E-state index >= 15 is 0 Å². The average Bonchev–Trinajstić information content (AvgIpc) is 2.57. The van der Waals surface area contributed by atoms with Crippen LogP contribution in [0.5, 0.6) is 0 Å². The Morgan fingerprint density at radius 1 is 0.938 bits per heavy atom. The predicted molar refractivity (Wildman–Crippen MR) is 64.7 cm³/mol. The van der Waals surface area contributed by atoms with Crippen LogP contribution in [-0.2, 0) is 5.41 Å². The van der Waals surface area contributed by atoms with Crippen LogP contribution in [0.2, 0.25) is 0 Å². The standard InChI is InChI=1S/C13H18N2O/c1-7-8(2)10-11(14-9(7)3)15-12(16-10)13(4,5)6/h1-6H3. The fraction of sp³-hybridized carbons (Fsp3) is 0.538. The lowest BCUT2D eigenvalue weighted by Gasteiger charge is -2.11. The molecule has 0 aliphatic heterocycles. The SMILES string of the molecule is Cc1nc2nc(C(C)(C)C)oc2c(C)c1C. The van der Waals surface area contributed by atoms with Gasteiger partial charge in [0.05, 0.1) is 0 Å². The van der Waals surface area contributed by atoms with E-state index in [2.05, 4.69) is 44.6 Å². The van der Waals surface area contributed by atoms with Gasteiger partial charge in [-0.15, -0.1) is 0 Å². The number of pyridine rings is 1. The van der Waals surface area contributed by atoms with Crippen LogP contribution in [0.4, 0.5) is 0 Å². The van der Waals surface area contributed by atoms with E-state index in [-0.39, 0.29) is 5.41 Å². The normalized spacial score (nSPS) is 12.4. The third-order valence-electron chi connectivity index (χ3n) is 2.97. The summed E-state index contributed by atoms with van der Waals surface area (Å²) < 4.78 is 5.83. The summed E-state index contributed by atoms with van der Waals surface area (Å²) in [5, 5.41) is 0. The molecular formula is C13H18N2O. The van der Waals surface area contributed by atoms with Crippen LogP contribution in [0, 0.1) is 20.8 Å². The number of hydrogen-bond donors (Lipinski definition) is 0. The molecule has 0 aliphatic carbocycles. The van der Waals surface area contributed by atoms with Gasteiger partial charge in [-0.25, -0.2) is 4.98 Å². The van der Waals surface area contributed by atoms with Crippen molar-refractivity contribution in [1.82, 2.24) is 9.97 Å². The van der Waals surface area contributed by atoms with Gasteiger partial charge in [-0.3, -0.25) is 0 Å².